The maximum atomic E-state index is 2.79. The summed E-state index contributed by atoms with van der Waals surface area (Å²) in [5, 5.41) is 0. The predicted molar refractivity (Wildman–Crippen MR) is 285 cm³/mol. The summed E-state index contributed by atoms with van der Waals surface area (Å²) in [6.45, 7) is 26.2. The second-order valence-corrected chi connectivity index (χ2v) is 23.4. The lowest BCUT2D eigenvalue weighted by atomic mass is 9.33. The molecule has 7 aromatic rings. The molecule has 2 unspecified atom stereocenters. The Morgan fingerprint density at radius 1 is 0.439 bits per heavy atom. The molecule has 4 heteroatoms. The second-order valence-electron chi connectivity index (χ2n) is 23.4. The molecule has 0 N–H and O–H groups in total. The third kappa shape index (κ3) is 6.37. The van der Waals surface area contributed by atoms with Crippen molar-refractivity contribution in [3.63, 3.8) is 0 Å². The Balaban J connectivity index is 1.29. The minimum atomic E-state index is -0.112. The van der Waals surface area contributed by atoms with Crippen molar-refractivity contribution in [2.24, 2.45) is 0 Å². The second kappa shape index (κ2) is 14.8. The van der Waals surface area contributed by atoms with Crippen LogP contribution in [0.5, 0.6) is 0 Å². The van der Waals surface area contributed by atoms with E-state index in [1.54, 1.807) is 0 Å². The third-order valence-electron chi connectivity index (χ3n) is 16.3. The van der Waals surface area contributed by atoms with Gasteiger partial charge >= 0.3 is 0 Å². The molecule has 4 aliphatic rings. The summed E-state index contributed by atoms with van der Waals surface area (Å²) < 4.78 is 0. The standard InChI is InChI=1S/C62H66BN3/c1-58(2,3)42-24-21-25-45(36-42)64-54-38-44(60(7,8)9)30-32-50(54)63-49-27-16-18-29-53(49)65(51-33-31-43(59(4,5)6)37-47(51)41-22-13-12-14-23-41)56-40-46(39-55(64)57(56)63)66-52-28-17-15-26-48(52)61(10)34-19-20-35-62(61,66)11/h12-18,21-33,36-40H,19-20,34-35H2,1-11H3. The molecule has 0 saturated heterocycles. The van der Waals surface area contributed by atoms with E-state index in [-0.39, 0.29) is 33.9 Å². The highest BCUT2D eigenvalue weighted by Gasteiger charge is 2.58. The Labute approximate surface area is 395 Å². The molecule has 66 heavy (non-hydrogen) atoms. The highest BCUT2D eigenvalue weighted by Crippen LogP contribution is 2.62. The molecule has 0 amide bonds. The monoisotopic (exact) mass is 864 g/mol. The van der Waals surface area contributed by atoms with Crippen LogP contribution in [0.1, 0.15) is 124 Å². The molecule has 1 aliphatic carbocycles. The predicted octanol–water partition coefficient (Wildman–Crippen LogP) is 15.1. The lowest BCUT2D eigenvalue weighted by Gasteiger charge is -2.51. The zero-order valence-electron chi connectivity index (χ0n) is 41.2. The van der Waals surface area contributed by atoms with Crippen LogP contribution in [-0.2, 0) is 21.7 Å². The molecule has 0 bridgehead atoms. The topological polar surface area (TPSA) is 9.72 Å². The van der Waals surface area contributed by atoms with E-state index in [2.05, 4.69) is 243 Å². The van der Waals surface area contributed by atoms with Gasteiger partial charge in [0.15, 0.2) is 0 Å². The molecule has 2 atom stereocenters. The molecular formula is C62H66BN3. The van der Waals surface area contributed by atoms with Crippen LogP contribution in [0, 0.1) is 0 Å². The van der Waals surface area contributed by atoms with Crippen molar-refractivity contribution in [2.75, 3.05) is 14.7 Å². The first-order valence-corrected chi connectivity index (χ1v) is 24.6. The van der Waals surface area contributed by atoms with E-state index >= 15 is 0 Å². The van der Waals surface area contributed by atoms with E-state index in [0.717, 1.165) is 6.42 Å². The van der Waals surface area contributed by atoms with E-state index in [4.69, 9.17) is 0 Å². The normalized spacial score (nSPS) is 19.8. The van der Waals surface area contributed by atoms with Crippen LogP contribution in [0.25, 0.3) is 11.1 Å². The number of rotatable bonds is 4. The molecule has 1 saturated carbocycles. The molecule has 1 fully saturated rings. The van der Waals surface area contributed by atoms with Crippen molar-refractivity contribution in [3.05, 3.63) is 174 Å². The number of hydrogen-bond donors (Lipinski definition) is 0. The van der Waals surface area contributed by atoms with Gasteiger partial charge in [-0.1, -0.05) is 179 Å². The van der Waals surface area contributed by atoms with Gasteiger partial charge in [-0.25, -0.2) is 0 Å². The number of hydrogen-bond acceptors (Lipinski definition) is 3. The van der Waals surface area contributed by atoms with Crippen molar-refractivity contribution in [1.29, 1.82) is 0 Å². The Bertz CT molecular complexity index is 3050. The zero-order valence-corrected chi connectivity index (χ0v) is 41.2. The van der Waals surface area contributed by atoms with E-state index in [1.165, 1.54) is 115 Å². The lowest BCUT2D eigenvalue weighted by Crippen LogP contribution is -2.61. The van der Waals surface area contributed by atoms with Crippen LogP contribution in [0.15, 0.2) is 152 Å². The third-order valence-corrected chi connectivity index (χ3v) is 16.3. The molecule has 0 spiro atoms. The van der Waals surface area contributed by atoms with Crippen LogP contribution in [-0.4, -0.2) is 12.3 Å². The van der Waals surface area contributed by atoms with Gasteiger partial charge in [0.05, 0.1) is 11.2 Å². The number of para-hydroxylation sites is 2. The van der Waals surface area contributed by atoms with Crippen molar-refractivity contribution >= 4 is 68.6 Å². The first-order chi connectivity index (χ1) is 31.4. The highest BCUT2D eigenvalue weighted by molar-refractivity contribution is 7.00. The fourth-order valence-electron chi connectivity index (χ4n) is 12.3. The minimum Gasteiger partial charge on any atom is -0.334 e. The average molecular weight is 864 g/mol. The number of benzene rings is 7. The minimum absolute atomic E-state index is 0.0159. The van der Waals surface area contributed by atoms with Gasteiger partial charge in [0.25, 0.3) is 6.71 Å². The van der Waals surface area contributed by atoms with Crippen LogP contribution >= 0.6 is 0 Å². The smallest absolute Gasteiger partial charge is 0.252 e. The van der Waals surface area contributed by atoms with E-state index in [1.807, 2.05) is 0 Å². The highest BCUT2D eigenvalue weighted by atomic mass is 15.3. The zero-order chi connectivity index (χ0) is 46.1. The summed E-state index contributed by atoms with van der Waals surface area (Å²) in [6.07, 6.45) is 4.81. The largest absolute Gasteiger partial charge is 0.334 e. The molecule has 3 aliphatic heterocycles. The SMILES string of the molecule is CC(C)(C)c1cccc(N2c3cc(C(C)(C)C)ccc3B3c4ccccc4N(c4ccc(C(C)(C)C)cc4-c4ccccc4)c4cc(N5c6ccccc6C6(C)CCCCC56C)cc2c43)c1. The van der Waals surface area contributed by atoms with Gasteiger partial charge in [-0.05, 0) is 135 Å². The molecule has 3 heterocycles. The van der Waals surface area contributed by atoms with Crippen LogP contribution in [0.2, 0.25) is 0 Å². The summed E-state index contributed by atoms with van der Waals surface area (Å²) >= 11 is 0. The van der Waals surface area contributed by atoms with Crippen LogP contribution in [0.3, 0.4) is 0 Å². The molecule has 0 radical (unpaired) electrons. The summed E-state index contributed by atoms with van der Waals surface area (Å²) in [7, 11) is 0. The summed E-state index contributed by atoms with van der Waals surface area (Å²) in [5.41, 5.74) is 21.9. The van der Waals surface area contributed by atoms with Gasteiger partial charge in [-0.3, -0.25) is 0 Å². The maximum absolute atomic E-state index is 2.79. The van der Waals surface area contributed by atoms with Crippen molar-refractivity contribution < 1.29 is 0 Å². The van der Waals surface area contributed by atoms with Gasteiger partial charge < -0.3 is 14.7 Å². The molecule has 11 rings (SSSR count). The lowest BCUT2D eigenvalue weighted by molar-refractivity contribution is 0.195. The Hall–Kier alpha value is -6.00. The van der Waals surface area contributed by atoms with Gasteiger partial charge in [0.1, 0.15) is 0 Å². The van der Waals surface area contributed by atoms with Crippen molar-refractivity contribution in [3.8, 4) is 11.1 Å². The fourth-order valence-corrected chi connectivity index (χ4v) is 12.3. The van der Waals surface area contributed by atoms with Crippen molar-refractivity contribution in [1.82, 2.24) is 0 Å². The number of fused-ring (bicyclic) bond motifs is 7. The Morgan fingerprint density at radius 2 is 1.03 bits per heavy atom. The van der Waals surface area contributed by atoms with Gasteiger partial charge in [-0.15, -0.1) is 0 Å². The number of anilines is 8. The number of nitrogens with zero attached hydrogens (tertiary/aromatic N) is 3. The first-order valence-electron chi connectivity index (χ1n) is 24.6. The van der Waals surface area contributed by atoms with Crippen LogP contribution < -0.4 is 31.1 Å². The molecule has 3 nitrogen and oxygen atoms in total. The average Bonchev–Trinajstić information content (AvgIpc) is 3.50. The summed E-state index contributed by atoms with van der Waals surface area (Å²) in [5.74, 6) is 0. The van der Waals surface area contributed by atoms with E-state index in [9.17, 15) is 0 Å². The molecule has 7 aromatic carbocycles. The Kier molecular flexibility index (Phi) is 9.53. The van der Waals surface area contributed by atoms with Crippen LogP contribution in [0.4, 0.5) is 45.5 Å². The summed E-state index contributed by atoms with van der Waals surface area (Å²) in [6, 6.07) is 59.0. The first kappa shape index (κ1) is 42.6. The molecule has 332 valence electrons. The summed E-state index contributed by atoms with van der Waals surface area (Å²) in [4.78, 5) is 8.08. The molecule has 0 aromatic heterocycles. The Morgan fingerprint density at radius 3 is 1.76 bits per heavy atom. The van der Waals surface area contributed by atoms with Crippen molar-refractivity contribution in [2.45, 2.75) is 129 Å². The quantitative estimate of drug-likeness (QED) is 0.163. The molecular weight excluding hydrogens is 798 g/mol. The van der Waals surface area contributed by atoms with Gasteiger partial charge in [0.2, 0.25) is 0 Å². The van der Waals surface area contributed by atoms with E-state index < -0.39 is 0 Å². The maximum Gasteiger partial charge on any atom is 0.252 e. The van der Waals surface area contributed by atoms with E-state index in [0.29, 0.717) is 0 Å². The fraction of sp³-hybridized carbons (Fsp3) is 0.323. The van der Waals surface area contributed by atoms with Gasteiger partial charge in [0, 0.05) is 50.8 Å². The van der Waals surface area contributed by atoms with Gasteiger partial charge in [-0.2, -0.15) is 0 Å².